The molecule has 5 heteroatoms. The fourth-order valence-corrected chi connectivity index (χ4v) is 2.87. The number of non-ortho nitro benzene ring substituents is 1. The first-order chi connectivity index (χ1) is 9.61. The van der Waals surface area contributed by atoms with Crippen LogP contribution in [0.15, 0.2) is 24.3 Å². The topological polar surface area (TPSA) is 75.4 Å². The molecule has 0 heterocycles. The summed E-state index contributed by atoms with van der Waals surface area (Å²) in [5.41, 5.74) is 1.03. The second-order valence-corrected chi connectivity index (χ2v) is 5.44. The second-order valence-electron chi connectivity index (χ2n) is 5.44. The average molecular weight is 278 g/mol. The summed E-state index contributed by atoms with van der Waals surface area (Å²) in [6.45, 7) is 2.05. The van der Waals surface area contributed by atoms with Crippen molar-refractivity contribution in [2.24, 2.45) is 0 Å². The molecular weight excluding hydrogens is 256 g/mol. The summed E-state index contributed by atoms with van der Waals surface area (Å²) >= 11 is 0. The molecule has 1 aromatic carbocycles. The van der Waals surface area contributed by atoms with Gasteiger partial charge in [-0.15, -0.1) is 0 Å². The summed E-state index contributed by atoms with van der Waals surface area (Å²) in [4.78, 5) is 10.5. The van der Waals surface area contributed by atoms with E-state index in [1.54, 1.807) is 12.1 Å². The lowest BCUT2D eigenvalue weighted by Crippen LogP contribution is -2.43. The molecule has 3 atom stereocenters. The van der Waals surface area contributed by atoms with Crippen LogP contribution in [0, 0.1) is 10.1 Å². The number of hydrogen-bond donors (Lipinski definition) is 2. The highest BCUT2D eigenvalue weighted by Crippen LogP contribution is 2.25. The Morgan fingerprint density at radius 1 is 1.45 bits per heavy atom. The Kier molecular flexibility index (Phi) is 5.09. The lowest BCUT2D eigenvalue weighted by molar-refractivity contribution is -0.384. The molecule has 2 N–H and O–H groups in total. The zero-order valence-corrected chi connectivity index (χ0v) is 11.8. The summed E-state index contributed by atoms with van der Waals surface area (Å²) in [7, 11) is 0. The van der Waals surface area contributed by atoms with Gasteiger partial charge in [0.25, 0.3) is 5.69 Å². The zero-order valence-electron chi connectivity index (χ0n) is 11.8. The highest BCUT2D eigenvalue weighted by Gasteiger charge is 2.25. The molecule has 0 spiro atoms. The standard InChI is InChI=1S/C15H22N2O3/c1-2-13(16-14-8-3-4-9-15(14)18)11-6-5-7-12(10-11)17(19)20/h5-7,10,13-16,18H,2-4,8-9H2,1H3. The molecule has 0 saturated heterocycles. The van der Waals surface area contributed by atoms with Crippen LogP contribution in [-0.2, 0) is 0 Å². The number of nitrogens with zero attached hydrogens (tertiary/aromatic N) is 1. The van der Waals surface area contributed by atoms with Crippen molar-refractivity contribution in [2.75, 3.05) is 0 Å². The molecule has 1 fully saturated rings. The lowest BCUT2D eigenvalue weighted by Gasteiger charge is -2.32. The first-order valence-electron chi connectivity index (χ1n) is 7.30. The van der Waals surface area contributed by atoms with E-state index in [1.807, 2.05) is 13.0 Å². The molecule has 2 rings (SSSR count). The van der Waals surface area contributed by atoms with E-state index >= 15 is 0 Å². The molecule has 1 aliphatic rings. The third kappa shape index (κ3) is 3.55. The third-order valence-corrected chi connectivity index (χ3v) is 4.04. The Morgan fingerprint density at radius 2 is 2.20 bits per heavy atom. The highest BCUT2D eigenvalue weighted by atomic mass is 16.6. The monoisotopic (exact) mass is 278 g/mol. The van der Waals surface area contributed by atoms with Crippen molar-refractivity contribution in [3.8, 4) is 0 Å². The minimum absolute atomic E-state index is 0.0487. The van der Waals surface area contributed by atoms with E-state index in [9.17, 15) is 15.2 Å². The van der Waals surface area contributed by atoms with Crippen LogP contribution in [0.25, 0.3) is 0 Å². The Bertz CT molecular complexity index is 464. The van der Waals surface area contributed by atoms with Gasteiger partial charge in [0.05, 0.1) is 11.0 Å². The van der Waals surface area contributed by atoms with Gasteiger partial charge >= 0.3 is 0 Å². The number of aliphatic hydroxyl groups excluding tert-OH is 1. The van der Waals surface area contributed by atoms with Crippen LogP contribution >= 0.6 is 0 Å². The number of benzene rings is 1. The van der Waals surface area contributed by atoms with Gasteiger partial charge in [-0.25, -0.2) is 0 Å². The molecule has 1 aromatic rings. The summed E-state index contributed by atoms with van der Waals surface area (Å²) in [6, 6.07) is 6.89. The predicted molar refractivity (Wildman–Crippen MR) is 77.5 cm³/mol. The molecule has 0 aromatic heterocycles. The van der Waals surface area contributed by atoms with Crippen molar-refractivity contribution in [1.29, 1.82) is 0 Å². The smallest absolute Gasteiger partial charge is 0.269 e. The van der Waals surface area contributed by atoms with Gasteiger partial charge < -0.3 is 10.4 Å². The van der Waals surface area contributed by atoms with Gasteiger partial charge in [-0.2, -0.15) is 0 Å². The number of nitro groups is 1. The van der Waals surface area contributed by atoms with E-state index in [4.69, 9.17) is 0 Å². The maximum atomic E-state index is 10.9. The van der Waals surface area contributed by atoms with Crippen LogP contribution in [0.5, 0.6) is 0 Å². The zero-order chi connectivity index (χ0) is 14.5. The normalized spacial score (nSPS) is 24.3. The molecule has 0 bridgehead atoms. The van der Waals surface area contributed by atoms with Gasteiger partial charge in [-0.05, 0) is 24.8 Å². The maximum absolute atomic E-state index is 10.9. The Hall–Kier alpha value is -1.46. The van der Waals surface area contributed by atoms with Gasteiger partial charge in [0.2, 0.25) is 0 Å². The molecule has 0 amide bonds. The summed E-state index contributed by atoms with van der Waals surface area (Å²) in [6.07, 6.45) is 4.53. The van der Waals surface area contributed by atoms with Crippen LogP contribution in [0.1, 0.15) is 50.6 Å². The Labute approximate surface area is 119 Å². The third-order valence-electron chi connectivity index (χ3n) is 4.04. The number of hydrogen-bond acceptors (Lipinski definition) is 4. The van der Waals surface area contributed by atoms with E-state index in [0.29, 0.717) is 0 Å². The summed E-state index contributed by atoms with van der Waals surface area (Å²) < 4.78 is 0. The number of nitro benzene ring substituents is 1. The molecule has 5 nitrogen and oxygen atoms in total. The van der Waals surface area contributed by atoms with E-state index in [-0.39, 0.29) is 28.8 Å². The Balaban J connectivity index is 2.11. The highest BCUT2D eigenvalue weighted by molar-refractivity contribution is 5.35. The largest absolute Gasteiger partial charge is 0.392 e. The van der Waals surface area contributed by atoms with Gasteiger partial charge in [0.1, 0.15) is 0 Å². The number of rotatable bonds is 5. The molecule has 0 aliphatic heterocycles. The van der Waals surface area contributed by atoms with E-state index < -0.39 is 0 Å². The summed E-state index contributed by atoms with van der Waals surface area (Å²) in [5, 5.41) is 24.3. The van der Waals surface area contributed by atoms with Gasteiger partial charge in [-0.3, -0.25) is 10.1 Å². The fraction of sp³-hybridized carbons (Fsp3) is 0.600. The van der Waals surface area contributed by atoms with E-state index in [1.165, 1.54) is 6.07 Å². The van der Waals surface area contributed by atoms with E-state index in [2.05, 4.69) is 5.32 Å². The first-order valence-corrected chi connectivity index (χ1v) is 7.30. The van der Waals surface area contributed by atoms with Crippen LogP contribution < -0.4 is 5.32 Å². The fourth-order valence-electron chi connectivity index (χ4n) is 2.87. The number of aliphatic hydroxyl groups is 1. The predicted octanol–water partition coefficient (Wildman–Crippen LogP) is 2.94. The van der Waals surface area contributed by atoms with Crippen LogP contribution in [0.3, 0.4) is 0 Å². The van der Waals surface area contributed by atoms with Crippen molar-refractivity contribution in [1.82, 2.24) is 5.32 Å². The van der Waals surface area contributed by atoms with E-state index in [0.717, 1.165) is 37.7 Å². The quantitative estimate of drug-likeness (QED) is 0.641. The molecule has 0 radical (unpaired) electrons. The van der Waals surface area contributed by atoms with Crippen LogP contribution in [-0.4, -0.2) is 22.2 Å². The number of nitrogens with one attached hydrogen (secondary N) is 1. The second kappa shape index (κ2) is 6.81. The van der Waals surface area contributed by atoms with Crippen molar-refractivity contribution in [3.05, 3.63) is 39.9 Å². The van der Waals surface area contributed by atoms with Gasteiger partial charge in [0.15, 0.2) is 0 Å². The molecule has 3 unspecified atom stereocenters. The molecule has 20 heavy (non-hydrogen) atoms. The lowest BCUT2D eigenvalue weighted by atomic mass is 9.91. The molecule has 1 aliphatic carbocycles. The van der Waals surface area contributed by atoms with Gasteiger partial charge in [-0.1, -0.05) is 31.9 Å². The van der Waals surface area contributed by atoms with Crippen molar-refractivity contribution >= 4 is 5.69 Å². The molecule has 110 valence electrons. The van der Waals surface area contributed by atoms with Crippen molar-refractivity contribution in [2.45, 2.75) is 57.2 Å². The molecule has 1 saturated carbocycles. The summed E-state index contributed by atoms with van der Waals surface area (Å²) in [5.74, 6) is 0. The maximum Gasteiger partial charge on any atom is 0.269 e. The first kappa shape index (κ1) is 14.9. The minimum Gasteiger partial charge on any atom is -0.392 e. The van der Waals surface area contributed by atoms with Crippen molar-refractivity contribution in [3.63, 3.8) is 0 Å². The van der Waals surface area contributed by atoms with Crippen LogP contribution in [0.2, 0.25) is 0 Å². The average Bonchev–Trinajstić information content (AvgIpc) is 2.46. The van der Waals surface area contributed by atoms with Gasteiger partial charge in [0, 0.05) is 24.2 Å². The van der Waals surface area contributed by atoms with Crippen LogP contribution in [0.4, 0.5) is 5.69 Å². The SMILES string of the molecule is CCC(NC1CCCCC1O)c1cccc([N+](=O)[O-])c1. The minimum atomic E-state index is -0.369. The molecular formula is C15H22N2O3. The Morgan fingerprint density at radius 3 is 2.85 bits per heavy atom. The van der Waals surface area contributed by atoms with Crippen molar-refractivity contribution < 1.29 is 10.0 Å².